The van der Waals surface area contributed by atoms with Crippen molar-refractivity contribution in [1.29, 1.82) is 0 Å². The molecule has 4 N–H and O–H groups in total. The third kappa shape index (κ3) is 2.65. The van der Waals surface area contributed by atoms with Gasteiger partial charge in [-0.1, -0.05) is 0 Å². The highest BCUT2D eigenvalue weighted by Crippen LogP contribution is 2.35. The van der Waals surface area contributed by atoms with Crippen LogP contribution in [0, 0.1) is 10.1 Å². The first-order chi connectivity index (χ1) is 8.82. The van der Waals surface area contributed by atoms with Gasteiger partial charge in [-0.05, 0) is 25.5 Å². The molecule has 0 aliphatic carbocycles. The summed E-state index contributed by atoms with van der Waals surface area (Å²) >= 11 is 0. The summed E-state index contributed by atoms with van der Waals surface area (Å²) in [5.41, 5.74) is 6.72. The van der Waals surface area contributed by atoms with E-state index in [0.717, 1.165) is 0 Å². The predicted octanol–water partition coefficient (Wildman–Crippen LogP) is 1.24. The Labute approximate surface area is 110 Å². The quantitative estimate of drug-likeness (QED) is 0.559. The summed E-state index contributed by atoms with van der Waals surface area (Å²) in [5, 5.41) is 16.8. The van der Waals surface area contributed by atoms with E-state index in [2.05, 4.69) is 10.6 Å². The number of fused-ring (bicyclic) bond motifs is 1. The van der Waals surface area contributed by atoms with Gasteiger partial charge in [-0.15, -0.1) is 0 Å². The number of nitrogens with zero attached hydrogens (tertiary/aromatic N) is 1. The number of carbonyl (C=O) groups is 1. The molecule has 0 fully saturated rings. The van der Waals surface area contributed by atoms with E-state index in [-0.39, 0.29) is 18.0 Å². The Hall–Kier alpha value is -2.15. The van der Waals surface area contributed by atoms with Crippen molar-refractivity contribution in [3.8, 4) is 0 Å². The SMILES string of the molecule is CC(C)(CN)Nc1cc2c(cc1[N+](=O)[O-])CC(=O)N2. The van der Waals surface area contributed by atoms with E-state index in [0.29, 0.717) is 23.5 Å². The van der Waals surface area contributed by atoms with E-state index in [1.54, 1.807) is 6.07 Å². The summed E-state index contributed by atoms with van der Waals surface area (Å²) in [6.45, 7) is 4.03. The van der Waals surface area contributed by atoms with Crippen LogP contribution in [0.5, 0.6) is 0 Å². The normalized spacial score (nSPS) is 13.9. The van der Waals surface area contributed by atoms with E-state index in [1.165, 1.54) is 6.07 Å². The van der Waals surface area contributed by atoms with Gasteiger partial charge in [0.15, 0.2) is 0 Å². The highest BCUT2D eigenvalue weighted by atomic mass is 16.6. The van der Waals surface area contributed by atoms with Crippen LogP contribution in [0.1, 0.15) is 19.4 Å². The van der Waals surface area contributed by atoms with E-state index in [4.69, 9.17) is 5.73 Å². The van der Waals surface area contributed by atoms with Crippen molar-refractivity contribution in [3.05, 3.63) is 27.8 Å². The van der Waals surface area contributed by atoms with Gasteiger partial charge in [-0.25, -0.2) is 0 Å². The summed E-state index contributed by atoms with van der Waals surface area (Å²) in [6, 6.07) is 3.03. The first-order valence-corrected chi connectivity index (χ1v) is 5.92. The van der Waals surface area contributed by atoms with E-state index in [9.17, 15) is 14.9 Å². The highest BCUT2D eigenvalue weighted by molar-refractivity contribution is 6.00. The molecule has 7 heteroatoms. The number of nitro groups is 1. The fraction of sp³-hybridized carbons (Fsp3) is 0.417. The monoisotopic (exact) mass is 264 g/mol. The maximum Gasteiger partial charge on any atom is 0.292 e. The van der Waals surface area contributed by atoms with Crippen LogP contribution in [-0.4, -0.2) is 22.9 Å². The van der Waals surface area contributed by atoms with Crippen molar-refractivity contribution in [1.82, 2.24) is 0 Å². The molecule has 1 aromatic carbocycles. The standard InChI is InChI=1S/C12H16N4O3/c1-12(2,6-13)15-9-5-8-7(4-11(17)14-8)3-10(9)16(18)19/h3,5,15H,4,6,13H2,1-2H3,(H,14,17). The van der Waals surface area contributed by atoms with Crippen LogP contribution >= 0.6 is 0 Å². The van der Waals surface area contributed by atoms with Gasteiger partial charge < -0.3 is 16.4 Å². The Morgan fingerprint density at radius 1 is 1.53 bits per heavy atom. The summed E-state index contributed by atoms with van der Waals surface area (Å²) in [5.74, 6) is -0.153. The molecular weight excluding hydrogens is 248 g/mol. The van der Waals surface area contributed by atoms with Crippen LogP contribution < -0.4 is 16.4 Å². The maximum absolute atomic E-state index is 11.3. The lowest BCUT2D eigenvalue weighted by Gasteiger charge is -2.25. The Morgan fingerprint density at radius 2 is 2.21 bits per heavy atom. The Bertz CT molecular complexity index is 554. The molecule has 102 valence electrons. The Kier molecular flexibility index (Phi) is 3.15. The molecule has 0 spiro atoms. The molecule has 0 saturated carbocycles. The first kappa shape index (κ1) is 13.3. The summed E-state index contributed by atoms with van der Waals surface area (Å²) in [6.07, 6.45) is 0.177. The largest absolute Gasteiger partial charge is 0.373 e. The molecule has 1 heterocycles. The van der Waals surface area contributed by atoms with Gasteiger partial charge in [0, 0.05) is 23.8 Å². The molecule has 1 aliphatic rings. The summed E-state index contributed by atoms with van der Waals surface area (Å²) < 4.78 is 0. The van der Waals surface area contributed by atoms with E-state index < -0.39 is 10.5 Å². The fourth-order valence-corrected chi connectivity index (χ4v) is 1.93. The second-order valence-electron chi connectivity index (χ2n) is 5.22. The number of nitro benzene ring substituents is 1. The minimum absolute atomic E-state index is 0.0447. The second kappa shape index (κ2) is 4.51. The number of nitrogens with one attached hydrogen (secondary N) is 2. The Morgan fingerprint density at radius 3 is 2.79 bits per heavy atom. The molecule has 19 heavy (non-hydrogen) atoms. The second-order valence-corrected chi connectivity index (χ2v) is 5.22. The number of carbonyl (C=O) groups excluding carboxylic acids is 1. The molecule has 1 amide bonds. The zero-order chi connectivity index (χ0) is 14.2. The van der Waals surface area contributed by atoms with Crippen molar-refractivity contribution < 1.29 is 9.72 Å². The van der Waals surface area contributed by atoms with Gasteiger partial charge in [0.2, 0.25) is 5.91 Å². The van der Waals surface area contributed by atoms with Crippen LogP contribution in [-0.2, 0) is 11.2 Å². The average Bonchev–Trinajstić information content (AvgIpc) is 2.66. The molecule has 2 rings (SSSR count). The van der Waals surface area contributed by atoms with Gasteiger partial charge >= 0.3 is 0 Å². The van der Waals surface area contributed by atoms with Gasteiger partial charge in [0.05, 0.1) is 11.3 Å². The number of benzene rings is 1. The molecule has 1 aromatic rings. The van der Waals surface area contributed by atoms with E-state index in [1.807, 2.05) is 13.8 Å². The van der Waals surface area contributed by atoms with Crippen LogP contribution in [0.4, 0.5) is 17.1 Å². The number of rotatable bonds is 4. The lowest BCUT2D eigenvalue weighted by molar-refractivity contribution is -0.384. The van der Waals surface area contributed by atoms with Gasteiger partial charge in [0.1, 0.15) is 5.69 Å². The summed E-state index contributed by atoms with van der Waals surface area (Å²) in [4.78, 5) is 22.0. The lowest BCUT2D eigenvalue weighted by Crippen LogP contribution is -2.39. The minimum atomic E-state index is -0.471. The molecule has 0 aromatic heterocycles. The molecule has 0 saturated heterocycles. The van der Waals surface area contributed by atoms with Gasteiger partial charge in [-0.2, -0.15) is 0 Å². The fourth-order valence-electron chi connectivity index (χ4n) is 1.93. The lowest BCUT2D eigenvalue weighted by atomic mass is 10.0. The topological polar surface area (TPSA) is 110 Å². The number of amides is 1. The van der Waals surface area contributed by atoms with Crippen LogP contribution in [0.2, 0.25) is 0 Å². The van der Waals surface area contributed by atoms with Crippen molar-refractivity contribution in [3.63, 3.8) is 0 Å². The summed E-state index contributed by atoms with van der Waals surface area (Å²) in [7, 11) is 0. The third-order valence-electron chi connectivity index (χ3n) is 3.03. The van der Waals surface area contributed by atoms with Crippen molar-refractivity contribution in [2.45, 2.75) is 25.8 Å². The molecule has 0 atom stereocenters. The Balaban J connectivity index is 2.45. The predicted molar refractivity (Wildman–Crippen MR) is 72.2 cm³/mol. The zero-order valence-electron chi connectivity index (χ0n) is 10.8. The van der Waals surface area contributed by atoms with Crippen molar-refractivity contribution >= 4 is 23.0 Å². The van der Waals surface area contributed by atoms with Crippen molar-refractivity contribution in [2.75, 3.05) is 17.2 Å². The molecule has 0 radical (unpaired) electrons. The average molecular weight is 264 g/mol. The smallest absolute Gasteiger partial charge is 0.292 e. The number of hydrogen-bond donors (Lipinski definition) is 3. The van der Waals surface area contributed by atoms with E-state index >= 15 is 0 Å². The zero-order valence-corrected chi connectivity index (χ0v) is 10.8. The molecular formula is C12H16N4O3. The highest BCUT2D eigenvalue weighted by Gasteiger charge is 2.27. The number of nitrogens with two attached hydrogens (primary N) is 1. The maximum atomic E-state index is 11.3. The van der Waals surface area contributed by atoms with Gasteiger partial charge in [-0.3, -0.25) is 14.9 Å². The molecule has 0 bridgehead atoms. The molecule has 7 nitrogen and oxygen atoms in total. The van der Waals surface area contributed by atoms with Crippen molar-refractivity contribution in [2.24, 2.45) is 5.73 Å². The first-order valence-electron chi connectivity index (χ1n) is 5.92. The van der Waals surface area contributed by atoms with Crippen LogP contribution in [0.3, 0.4) is 0 Å². The molecule has 1 aliphatic heterocycles. The van der Waals surface area contributed by atoms with Crippen LogP contribution in [0.15, 0.2) is 12.1 Å². The third-order valence-corrected chi connectivity index (χ3v) is 3.03. The van der Waals surface area contributed by atoms with Crippen LogP contribution in [0.25, 0.3) is 0 Å². The number of anilines is 2. The minimum Gasteiger partial charge on any atom is -0.373 e. The number of hydrogen-bond acceptors (Lipinski definition) is 5. The molecule has 0 unspecified atom stereocenters. The van der Waals surface area contributed by atoms with Gasteiger partial charge in [0.25, 0.3) is 5.69 Å².